The van der Waals surface area contributed by atoms with Crippen molar-refractivity contribution in [1.82, 2.24) is 4.98 Å². The average Bonchev–Trinajstić information content (AvgIpc) is 2.65. The first-order valence-corrected chi connectivity index (χ1v) is 6.10. The molecule has 2 rings (SSSR count). The lowest BCUT2D eigenvalue weighted by molar-refractivity contribution is 0.727. The predicted octanol–water partition coefficient (Wildman–Crippen LogP) is 3.46. The van der Waals surface area contributed by atoms with E-state index in [0.717, 1.165) is 17.9 Å². The van der Waals surface area contributed by atoms with Gasteiger partial charge in [0.25, 0.3) is 0 Å². The summed E-state index contributed by atoms with van der Waals surface area (Å²) in [5, 5.41) is 0.653. The van der Waals surface area contributed by atoms with E-state index in [0.29, 0.717) is 16.9 Å². The summed E-state index contributed by atoms with van der Waals surface area (Å²) in [6.45, 7) is 3.31. The predicted molar refractivity (Wildman–Crippen MR) is 64.8 cm³/mol. The molecule has 1 atom stereocenters. The average molecular weight is 245 g/mol. The van der Waals surface area contributed by atoms with Crippen molar-refractivity contribution in [3.63, 3.8) is 0 Å². The number of anilines is 1. The maximum absolute atomic E-state index is 5.97. The Morgan fingerprint density at radius 1 is 1.60 bits per heavy atom. The number of nitrogens with zero attached hydrogens (tertiary/aromatic N) is 2. The van der Waals surface area contributed by atoms with E-state index in [1.807, 2.05) is 6.07 Å². The van der Waals surface area contributed by atoms with Crippen molar-refractivity contribution in [3.05, 3.63) is 22.8 Å². The van der Waals surface area contributed by atoms with Crippen LogP contribution >= 0.6 is 23.2 Å². The molecule has 1 aromatic rings. The van der Waals surface area contributed by atoms with Gasteiger partial charge in [-0.1, -0.05) is 11.6 Å². The van der Waals surface area contributed by atoms with E-state index in [9.17, 15) is 0 Å². The van der Waals surface area contributed by atoms with E-state index in [1.54, 1.807) is 6.20 Å². The van der Waals surface area contributed by atoms with Crippen LogP contribution in [0.5, 0.6) is 0 Å². The normalized spacial score (nSPS) is 21.0. The van der Waals surface area contributed by atoms with Gasteiger partial charge in [-0.05, 0) is 31.4 Å². The molecule has 0 amide bonds. The van der Waals surface area contributed by atoms with Crippen LogP contribution in [0.25, 0.3) is 0 Å². The van der Waals surface area contributed by atoms with E-state index >= 15 is 0 Å². The van der Waals surface area contributed by atoms with Crippen molar-refractivity contribution in [2.45, 2.75) is 31.7 Å². The van der Waals surface area contributed by atoms with E-state index in [2.05, 4.69) is 16.8 Å². The van der Waals surface area contributed by atoms with Crippen molar-refractivity contribution in [1.29, 1.82) is 0 Å². The third kappa shape index (κ3) is 2.21. The van der Waals surface area contributed by atoms with E-state index in [-0.39, 0.29) is 0 Å². The van der Waals surface area contributed by atoms with Crippen molar-refractivity contribution in [2.24, 2.45) is 0 Å². The molecular formula is C11H14Cl2N2. The molecule has 1 aliphatic rings. The van der Waals surface area contributed by atoms with Crippen LogP contribution in [0.4, 0.5) is 5.82 Å². The Labute approximate surface area is 100 Å². The number of pyridine rings is 1. The molecule has 0 saturated carbocycles. The Morgan fingerprint density at radius 2 is 2.40 bits per heavy atom. The first-order chi connectivity index (χ1) is 7.22. The molecule has 0 aromatic carbocycles. The highest BCUT2D eigenvalue weighted by Gasteiger charge is 2.21. The third-order valence-corrected chi connectivity index (χ3v) is 3.54. The number of rotatable bonds is 2. The first-order valence-electron chi connectivity index (χ1n) is 5.19. The molecule has 1 fully saturated rings. The molecule has 15 heavy (non-hydrogen) atoms. The fraction of sp³-hybridized carbons (Fsp3) is 0.545. The minimum Gasteiger partial charge on any atom is -0.354 e. The number of aromatic nitrogens is 1. The maximum atomic E-state index is 5.97. The summed E-state index contributed by atoms with van der Waals surface area (Å²) in [5.74, 6) is 1.44. The molecule has 4 heteroatoms. The Kier molecular flexibility index (Phi) is 3.37. The van der Waals surface area contributed by atoms with Gasteiger partial charge in [-0.2, -0.15) is 0 Å². The van der Waals surface area contributed by atoms with Crippen LogP contribution in [0.2, 0.25) is 5.02 Å². The zero-order valence-corrected chi connectivity index (χ0v) is 10.2. The Morgan fingerprint density at radius 3 is 3.00 bits per heavy atom. The molecule has 0 spiro atoms. The lowest BCUT2D eigenvalue weighted by atomic mass is 10.2. The molecular weight excluding hydrogens is 231 g/mol. The topological polar surface area (TPSA) is 16.1 Å². The first kappa shape index (κ1) is 11.0. The summed E-state index contributed by atoms with van der Waals surface area (Å²) in [7, 11) is 0. The number of hydrogen-bond acceptors (Lipinski definition) is 2. The zero-order valence-electron chi connectivity index (χ0n) is 8.71. The summed E-state index contributed by atoms with van der Waals surface area (Å²) >= 11 is 11.8. The fourth-order valence-electron chi connectivity index (χ4n) is 2.00. The standard InChI is InChI=1S/C11H14Cl2N2/c1-8-3-2-4-15(8)11-5-9(6-12)10(13)7-14-11/h5,7-8H,2-4,6H2,1H3. The van der Waals surface area contributed by atoms with Gasteiger partial charge in [0.15, 0.2) is 0 Å². The minimum atomic E-state index is 0.441. The van der Waals surface area contributed by atoms with Crippen LogP contribution in [0.3, 0.4) is 0 Å². The highest BCUT2D eigenvalue weighted by molar-refractivity contribution is 6.32. The summed E-state index contributed by atoms with van der Waals surface area (Å²) < 4.78 is 0. The fourth-order valence-corrected chi connectivity index (χ4v) is 2.46. The van der Waals surface area contributed by atoms with Crippen LogP contribution in [-0.4, -0.2) is 17.6 Å². The van der Waals surface area contributed by atoms with Crippen molar-refractivity contribution in [3.8, 4) is 0 Å². The summed E-state index contributed by atoms with van der Waals surface area (Å²) in [4.78, 5) is 6.67. The lowest BCUT2D eigenvalue weighted by Gasteiger charge is -2.23. The van der Waals surface area contributed by atoms with Crippen LogP contribution in [-0.2, 0) is 5.88 Å². The molecule has 1 saturated heterocycles. The van der Waals surface area contributed by atoms with Gasteiger partial charge in [0.05, 0.1) is 5.02 Å². The molecule has 1 aliphatic heterocycles. The second-order valence-electron chi connectivity index (χ2n) is 3.95. The van der Waals surface area contributed by atoms with Gasteiger partial charge < -0.3 is 4.90 Å². The molecule has 0 aliphatic carbocycles. The Bertz CT molecular complexity index is 354. The zero-order chi connectivity index (χ0) is 10.8. The number of halogens is 2. The smallest absolute Gasteiger partial charge is 0.129 e. The Hall–Kier alpha value is -0.470. The van der Waals surface area contributed by atoms with Gasteiger partial charge in [-0.3, -0.25) is 0 Å². The van der Waals surface area contributed by atoms with E-state index in [4.69, 9.17) is 23.2 Å². The number of alkyl halides is 1. The van der Waals surface area contributed by atoms with Gasteiger partial charge >= 0.3 is 0 Å². The second-order valence-corrected chi connectivity index (χ2v) is 4.63. The molecule has 2 nitrogen and oxygen atoms in total. The van der Waals surface area contributed by atoms with E-state index in [1.165, 1.54) is 12.8 Å². The minimum absolute atomic E-state index is 0.441. The highest BCUT2D eigenvalue weighted by Crippen LogP contribution is 2.27. The second kappa shape index (κ2) is 4.58. The Balaban J connectivity index is 2.28. The quantitative estimate of drug-likeness (QED) is 0.742. The van der Waals surface area contributed by atoms with Crippen LogP contribution in [0.15, 0.2) is 12.3 Å². The summed E-state index contributed by atoms with van der Waals surface area (Å²) in [5.41, 5.74) is 0.961. The maximum Gasteiger partial charge on any atom is 0.129 e. The monoisotopic (exact) mass is 244 g/mol. The van der Waals surface area contributed by atoms with Gasteiger partial charge in [-0.25, -0.2) is 4.98 Å². The van der Waals surface area contributed by atoms with Gasteiger partial charge in [-0.15, -0.1) is 11.6 Å². The largest absolute Gasteiger partial charge is 0.354 e. The summed E-state index contributed by atoms with van der Waals surface area (Å²) in [6, 6.07) is 2.57. The molecule has 0 N–H and O–H groups in total. The van der Waals surface area contributed by atoms with Gasteiger partial charge in [0.1, 0.15) is 5.82 Å². The molecule has 0 radical (unpaired) electrons. The van der Waals surface area contributed by atoms with Crippen molar-refractivity contribution in [2.75, 3.05) is 11.4 Å². The molecule has 1 unspecified atom stereocenters. The van der Waals surface area contributed by atoms with Gasteiger partial charge in [0, 0.05) is 24.7 Å². The SMILES string of the molecule is CC1CCCN1c1cc(CCl)c(Cl)cn1. The van der Waals surface area contributed by atoms with Crippen molar-refractivity contribution < 1.29 is 0 Å². The highest BCUT2D eigenvalue weighted by atomic mass is 35.5. The lowest BCUT2D eigenvalue weighted by Crippen LogP contribution is -2.27. The molecule has 82 valence electrons. The molecule has 2 heterocycles. The summed E-state index contributed by atoms with van der Waals surface area (Å²) in [6.07, 6.45) is 4.17. The molecule has 0 bridgehead atoms. The van der Waals surface area contributed by atoms with Crippen LogP contribution < -0.4 is 4.90 Å². The van der Waals surface area contributed by atoms with E-state index < -0.39 is 0 Å². The number of hydrogen-bond donors (Lipinski definition) is 0. The van der Waals surface area contributed by atoms with Gasteiger partial charge in [0.2, 0.25) is 0 Å². The molecule has 1 aromatic heterocycles. The van der Waals surface area contributed by atoms with Crippen LogP contribution in [0.1, 0.15) is 25.3 Å². The van der Waals surface area contributed by atoms with Crippen LogP contribution in [0, 0.1) is 0 Å². The third-order valence-electron chi connectivity index (χ3n) is 2.91. The van der Waals surface area contributed by atoms with Crippen molar-refractivity contribution >= 4 is 29.0 Å².